The van der Waals surface area contributed by atoms with Crippen molar-refractivity contribution < 1.29 is 4.74 Å². The molecule has 2 rings (SSSR count). The fourth-order valence-corrected chi connectivity index (χ4v) is 1.96. The number of ether oxygens (including phenoxy) is 1. The van der Waals surface area contributed by atoms with E-state index in [0.29, 0.717) is 22.9 Å². The molecule has 2 aromatic rings. The van der Waals surface area contributed by atoms with E-state index in [-0.39, 0.29) is 5.84 Å². The van der Waals surface area contributed by atoms with Crippen molar-refractivity contribution in [3.63, 3.8) is 0 Å². The first-order valence-electron chi connectivity index (χ1n) is 5.80. The molecule has 1 aromatic carbocycles. The van der Waals surface area contributed by atoms with Crippen molar-refractivity contribution in [3.05, 3.63) is 46.7 Å². The van der Waals surface area contributed by atoms with Gasteiger partial charge in [0.25, 0.3) is 0 Å². The van der Waals surface area contributed by atoms with Crippen molar-refractivity contribution in [1.29, 1.82) is 5.41 Å². The van der Waals surface area contributed by atoms with Gasteiger partial charge in [-0.25, -0.2) is 0 Å². The Morgan fingerprint density at radius 3 is 2.89 bits per heavy atom. The highest BCUT2D eigenvalue weighted by atomic mass is 35.5. The summed E-state index contributed by atoms with van der Waals surface area (Å²) in [5, 5.41) is 11.9. The number of benzene rings is 1. The number of amidine groups is 1. The molecule has 0 amide bonds. The van der Waals surface area contributed by atoms with Crippen LogP contribution in [0.2, 0.25) is 5.02 Å². The van der Waals surface area contributed by atoms with Crippen molar-refractivity contribution in [2.75, 3.05) is 6.61 Å². The summed E-state index contributed by atoms with van der Waals surface area (Å²) in [5.41, 5.74) is 7.03. The highest BCUT2D eigenvalue weighted by molar-refractivity contribution is 6.34. The lowest BCUT2D eigenvalue weighted by molar-refractivity contribution is 0.322. The molecule has 0 aliphatic heterocycles. The number of nitrogens with zero attached hydrogens (tertiary/aromatic N) is 2. The van der Waals surface area contributed by atoms with Crippen LogP contribution < -0.4 is 10.5 Å². The number of rotatable bonds is 5. The second kappa shape index (κ2) is 5.75. The predicted molar refractivity (Wildman–Crippen MR) is 74.9 cm³/mol. The number of halogens is 1. The molecular weight excluding hydrogens is 264 g/mol. The van der Waals surface area contributed by atoms with Crippen LogP contribution in [0.3, 0.4) is 0 Å². The Morgan fingerprint density at radius 2 is 2.32 bits per heavy atom. The number of nitrogen functional groups attached to an aromatic ring is 1. The summed E-state index contributed by atoms with van der Waals surface area (Å²) in [5.74, 6) is 0.616. The first-order valence-corrected chi connectivity index (χ1v) is 6.18. The monoisotopic (exact) mass is 278 g/mol. The molecule has 0 saturated carbocycles. The van der Waals surface area contributed by atoms with Crippen LogP contribution in [0, 0.1) is 5.41 Å². The van der Waals surface area contributed by atoms with Crippen molar-refractivity contribution in [1.82, 2.24) is 9.78 Å². The Morgan fingerprint density at radius 1 is 1.53 bits per heavy atom. The Bertz CT molecular complexity index is 594. The summed E-state index contributed by atoms with van der Waals surface area (Å²) in [7, 11) is 1.88. The average Bonchev–Trinajstić information content (AvgIpc) is 2.75. The van der Waals surface area contributed by atoms with Gasteiger partial charge in [0.1, 0.15) is 11.6 Å². The Hall–Kier alpha value is -2.01. The molecule has 19 heavy (non-hydrogen) atoms. The Kier molecular flexibility index (Phi) is 4.06. The first-order chi connectivity index (χ1) is 9.06. The number of hydrogen-bond donors (Lipinski definition) is 2. The first kappa shape index (κ1) is 13.4. The smallest absolute Gasteiger partial charge is 0.124 e. The molecule has 0 spiro atoms. The van der Waals surface area contributed by atoms with Gasteiger partial charge in [-0.05, 0) is 23.8 Å². The van der Waals surface area contributed by atoms with Crippen LogP contribution in [0.15, 0.2) is 30.6 Å². The molecule has 0 radical (unpaired) electrons. The number of aryl methyl sites for hydroxylation is 1. The molecule has 0 atom stereocenters. The van der Waals surface area contributed by atoms with E-state index >= 15 is 0 Å². The van der Waals surface area contributed by atoms with Gasteiger partial charge in [0.2, 0.25) is 0 Å². The lowest BCUT2D eigenvalue weighted by atomic mass is 10.2. The molecule has 1 aromatic heterocycles. The van der Waals surface area contributed by atoms with Crippen LogP contribution >= 0.6 is 11.6 Å². The summed E-state index contributed by atoms with van der Waals surface area (Å²) < 4.78 is 7.36. The van der Waals surface area contributed by atoms with Gasteiger partial charge in [0, 0.05) is 25.2 Å². The SMILES string of the molecule is Cn1cc(CCOc2ccc(C(=N)N)c(Cl)c2)cn1. The van der Waals surface area contributed by atoms with Gasteiger partial charge in [-0.15, -0.1) is 0 Å². The Labute approximate surface area is 116 Å². The molecule has 0 aliphatic rings. The van der Waals surface area contributed by atoms with Crippen LogP contribution in [0.1, 0.15) is 11.1 Å². The minimum absolute atomic E-state index is 0.0492. The minimum Gasteiger partial charge on any atom is -0.493 e. The van der Waals surface area contributed by atoms with Gasteiger partial charge < -0.3 is 10.5 Å². The third-order valence-electron chi connectivity index (χ3n) is 2.65. The van der Waals surface area contributed by atoms with Crippen molar-refractivity contribution >= 4 is 17.4 Å². The van der Waals surface area contributed by atoms with E-state index in [4.69, 9.17) is 27.5 Å². The van der Waals surface area contributed by atoms with E-state index in [2.05, 4.69) is 5.10 Å². The molecule has 3 N–H and O–H groups in total. The third-order valence-corrected chi connectivity index (χ3v) is 2.96. The largest absolute Gasteiger partial charge is 0.493 e. The van der Waals surface area contributed by atoms with E-state index in [9.17, 15) is 0 Å². The van der Waals surface area contributed by atoms with Crippen LogP contribution in [-0.2, 0) is 13.5 Å². The van der Waals surface area contributed by atoms with Crippen LogP contribution in [0.25, 0.3) is 0 Å². The molecule has 6 heteroatoms. The topological polar surface area (TPSA) is 76.9 Å². The third kappa shape index (κ3) is 3.48. The zero-order chi connectivity index (χ0) is 13.8. The molecule has 5 nitrogen and oxygen atoms in total. The molecular formula is C13H15ClN4O. The number of aromatic nitrogens is 2. The standard InChI is InChI=1S/C13H15ClN4O/c1-18-8-9(7-17-18)4-5-19-10-2-3-11(13(15)16)12(14)6-10/h2-3,6-8H,4-5H2,1H3,(H3,15,16). The summed E-state index contributed by atoms with van der Waals surface area (Å²) in [6, 6.07) is 5.11. The number of nitrogens with one attached hydrogen (secondary N) is 1. The van der Waals surface area contributed by atoms with Crippen LogP contribution in [0.5, 0.6) is 5.75 Å². The fraction of sp³-hybridized carbons (Fsp3) is 0.231. The Balaban J connectivity index is 1.93. The average molecular weight is 279 g/mol. The van der Waals surface area contributed by atoms with E-state index < -0.39 is 0 Å². The molecule has 0 aliphatic carbocycles. The number of nitrogens with two attached hydrogens (primary N) is 1. The zero-order valence-electron chi connectivity index (χ0n) is 10.6. The van der Waals surface area contributed by atoms with Gasteiger partial charge in [0.05, 0.1) is 17.8 Å². The lowest BCUT2D eigenvalue weighted by Crippen LogP contribution is -2.11. The van der Waals surface area contributed by atoms with Gasteiger partial charge in [-0.1, -0.05) is 11.6 Å². The molecule has 0 bridgehead atoms. The van der Waals surface area contributed by atoms with E-state index in [1.54, 1.807) is 22.9 Å². The maximum Gasteiger partial charge on any atom is 0.124 e. The summed E-state index contributed by atoms with van der Waals surface area (Å²) in [6.45, 7) is 0.543. The highest BCUT2D eigenvalue weighted by Crippen LogP contribution is 2.22. The molecule has 0 saturated heterocycles. The van der Waals surface area contributed by atoms with Crippen LogP contribution in [0.4, 0.5) is 0 Å². The second-order valence-electron chi connectivity index (χ2n) is 4.18. The van der Waals surface area contributed by atoms with Gasteiger partial charge in [-0.2, -0.15) is 5.10 Å². The van der Waals surface area contributed by atoms with E-state index in [0.717, 1.165) is 12.0 Å². The summed E-state index contributed by atoms with van der Waals surface area (Å²) >= 11 is 6.01. The molecule has 0 unspecified atom stereocenters. The van der Waals surface area contributed by atoms with Gasteiger partial charge in [-0.3, -0.25) is 10.1 Å². The van der Waals surface area contributed by atoms with E-state index in [1.165, 1.54) is 0 Å². The quantitative estimate of drug-likeness (QED) is 0.648. The van der Waals surface area contributed by atoms with Crippen molar-refractivity contribution in [2.45, 2.75) is 6.42 Å². The van der Waals surface area contributed by atoms with Gasteiger partial charge >= 0.3 is 0 Å². The summed E-state index contributed by atoms with van der Waals surface area (Å²) in [4.78, 5) is 0. The maximum absolute atomic E-state index is 7.34. The van der Waals surface area contributed by atoms with Crippen molar-refractivity contribution in [3.8, 4) is 5.75 Å². The predicted octanol–water partition coefficient (Wildman–Crippen LogP) is 1.98. The molecule has 100 valence electrons. The normalized spacial score (nSPS) is 10.4. The summed E-state index contributed by atoms with van der Waals surface area (Å²) in [6.07, 6.45) is 4.55. The van der Waals surface area contributed by atoms with Crippen LogP contribution in [-0.4, -0.2) is 22.2 Å². The molecule has 1 heterocycles. The maximum atomic E-state index is 7.34. The van der Waals surface area contributed by atoms with Crippen molar-refractivity contribution in [2.24, 2.45) is 12.8 Å². The second-order valence-corrected chi connectivity index (χ2v) is 4.58. The lowest BCUT2D eigenvalue weighted by Gasteiger charge is -2.08. The number of hydrogen-bond acceptors (Lipinski definition) is 3. The van der Waals surface area contributed by atoms with Gasteiger partial charge in [0.15, 0.2) is 0 Å². The fourth-order valence-electron chi connectivity index (χ4n) is 1.69. The van der Waals surface area contributed by atoms with E-state index in [1.807, 2.05) is 19.4 Å². The minimum atomic E-state index is -0.0492. The molecule has 0 fully saturated rings. The highest BCUT2D eigenvalue weighted by Gasteiger charge is 2.05. The zero-order valence-corrected chi connectivity index (χ0v) is 11.3.